The Hall–Kier alpha value is -1.60. The Morgan fingerprint density at radius 3 is 2.39 bits per heavy atom. The van der Waals surface area contributed by atoms with Gasteiger partial charge in [-0.05, 0) is 42.0 Å². The summed E-state index contributed by atoms with van der Waals surface area (Å²) in [6.45, 7) is 2.19. The molecule has 0 fully saturated rings. The topological polar surface area (TPSA) is 26.0 Å². The van der Waals surface area contributed by atoms with E-state index in [1.807, 2.05) is 0 Å². The highest BCUT2D eigenvalue weighted by Crippen LogP contribution is 2.37. The molecule has 0 unspecified atom stereocenters. The maximum Gasteiger partial charge on any atom is 0.0109 e. The number of benzene rings is 2. The van der Waals surface area contributed by atoms with Crippen LogP contribution in [0.4, 0.5) is 0 Å². The molecule has 3 rings (SSSR count). The van der Waals surface area contributed by atoms with Gasteiger partial charge in [-0.2, -0.15) is 0 Å². The summed E-state index contributed by atoms with van der Waals surface area (Å²) in [6, 6.07) is 17.7. The maximum atomic E-state index is 6.23. The van der Waals surface area contributed by atoms with Gasteiger partial charge in [0, 0.05) is 12.0 Å². The molecule has 2 aromatic rings. The Balaban J connectivity index is 2.11. The van der Waals surface area contributed by atoms with E-state index < -0.39 is 0 Å². The summed E-state index contributed by atoms with van der Waals surface area (Å²) >= 11 is 0. The average Bonchev–Trinajstić information content (AvgIpc) is 2.38. The summed E-state index contributed by atoms with van der Waals surface area (Å²) in [5.74, 6) is 0.464. The second-order valence-corrected chi connectivity index (χ2v) is 5.31. The SMILES string of the molecule is Cc1ccccc1[C@H]1C[C@H](N)Cc2ccccc21. The van der Waals surface area contributed by atoms with E-state index in [1.54, 1.807) is 0 Å². The fraction of sp³-hybridized carbons (Fsp3) is 0.294. The van der Waals surface area contributed by atoms with E-state index in [0.717, 1.165) is 12.8 Å². The van der Waals surface area contributed by atoms with Crippen LogP contribution in [0.1, 0.15) is 34.6 Å². The molecule has 0 saturated heterocycles. The van der Waals surface area contributed by atoms with E-state index >= 15 is 0 Å². The fourth-order valence-electron chi connectivity index (χ4n) is 3.13. The van der Waals surface area contributed by atoms with Crippen molar-refractivity contribution >= 4 is 0 Å². The normalized spacial score (nSPS) is 22.6. The summed E-state index contributed by atoms with van der Waals surface area (Å²) in [4.78, 5) is 0. The smallest absolute Gasteiger partial charge is 0.0109 e. The molecule has 2 aromatic carbocycles. The van der Waals surface area contributed by atoms with Crippen LogP contribution in [-0.2, 0) is 6.42 Å². The summed E-state index contributed by atoms with van der Waals surface area (Å²) in [6.07, 6.45) is 2.07. The first-order valence-corrected chi connectivity index (χ1v) is 6.64. The molecule has 0 amide bonds. The number of hydrogen-bond acceptors (Lipinski definition) is 1. The number of rotatable bonds is 1. The molecule has 1 aliphatic rings. The van der Waals surface area contributed by atoms with E-state index in [4.69, 9.17) is 5.73 Å². The second-order valence-electron chi connectivity index (χ2n) is 5.31. The van der Waals surface area contributed by atoms with Crippen molar-refractivity contribution < 1.29 is 0 Å². The minimum Gasteiger partial charge on any atom is -0.327 e. The Morgan fingerprint density at radius 1 is 0.944 bits per heavy atom. The van der Waals surface area contributed by atoms with Crippen molar-refractivity contribution in [3.63, 3.8) is 0 Å². The minimum atomic E-state index is 0.282. The molecule has 2 N–H and O–H groups in total. The van der Waals surface area contributed by atoms with Gasteiger partial charge in [0.15, 0.2) is 0 Å². The third-order valence-electron chi connectivity index (χ3n) is 4.01. The van der Waals surface area contributed by atoms with Gasteiger partial charge in [0.2, 0.25) is 0 Å². The highest BCUT2D eigenvalue weighted by Gasteiger charge is 2.26. The number of aryl methyl sites for hydroxylation is 1. The minimum absolute atomic E-state index is 0.282. The Morgan fingerprint density at radius 2 is 1.61 bits per heavy atom. The van der Waals surface area contributed by atoms with Crippen molar-refractivity contribution in [3.8, 4) is 0 Å². The zero-order valence-electron chi connectivity index (χ0n) is 10.8. The molecule has 0 bridgehead atoms. The molecule has 0 saturated carbocycles. The van der Waals surface area contributed by atoms with Crippen LogP contribution in [-0.4, -0.2) is 6.04 Å². The van der Waals surface area contributed by atoms with Gasteiger partial charge in [-0.25, -0.2) is 0 Å². The lowest BCUT2D eigenvalue weighted by molar-refractivity contribution is 0.529. The van der Waals surface area contributed by atoms with Crippen molar-refractivity contribution in [2.75, 3.05) is 0 Å². The average molecular weight is 237 g/mol. The van der Waals surface area contributed by atoms with Gasteiger partial charge < -0.3 is 5.73 Å². The van der Waals surface area contributed by atoms with Crippen LogP contribution in [0, 0.1) is 6.92 Å². The van der Waals surface area contributed by atoms with E-state index in [0.29, 0.717) is 5.92 Å². The van der Waals surface area contributed by atoms with Crippen molar-refractivity contribution in [2.45, 2.75) is 31.7 Å². The van der Waals surface area contributed by atoms with Crippen LogP contribution in [0.5, 0.6) is 0 Å². The van der Waals surface area contributed by atoms with E-state index in [2.05, 4.69) is 55.5 Å². The lowest BCUT2D eigenvalue weighted by Crippen LogP contribution is -2.31. The molecule has 0 heterocycles. The predicted molar refractivity (Wildman–Crippen MR) is 75.8 cm³/mol. The number of hydrogen-bond donors (Lipinski definition) is 1. The molecule has 0 spiro atoms. The van der Waals surface area contributed by atoms with Crippen molar-refractivity contribution in [1.29, 1.82) is 0 Å². The van der Waals surface area contributed by atoms with Gasteiger partial charge >= 0.3 is 0 Å². The van der Waals surface area contributed by atoms with Crippen molar-refractivity contribution in [1.82, 2.24) is 0 Å². The summed E-state index contributed by atoms with van der Waals surface area (Å²) < 4.78 is 0. The zero-order chi connectivity index (χ0) is 12.5. The van der Waals surface area contributed by atoms with Gasteiger partial charge in [-0.1, -0.05) is 48.5 Å². The third kappa shape index (κ3) is 1.95. The lowest BCUT2D eigenvalue weighted by Gasteiger charge is -2.30. The first-order chi connectivity index (χ1) is 8.75. The fourth-order valence-corrected chi connectivity index (χ4v) is 3.13. The second kappa shape index (κ2) is 4.58. The maximum absolute atomic E-state index is 6.23. The van der Waals surface area contributed by atoms with Gasteiger partial charge in [0.25, 0.3) is 0 Å². The summed E-state index contributed by atoms with van der Waals surface area (Å²) in [5, 5.41) is 0. The number of nitrogens with two attached hydrogens (primary N) is 1. The van der Waals surface area contributed by atoms with E-state index in [-0.39, 0.29) is 6.04 Å². The Bertz CT molecular complexity index is 559. The molecule has 0 radical (unpaired) electrons. The largest absolute Gasteiger partial charge is 0.327 e. The summed E-state index contributed by atoms with van der Waals surface area (Å²) in [7, 11) is 0. The number of fused-ring (bicyclic) bond motifs is 1. The first-order valence-electron chi connectivity index (χ1n) is 6.64. The van der Waals surface area contributed by atoms with Crippen LogP contribution in [0.2, 0.25) is 0 Å². The van der Waals surface area contributed by atoms with Crippen LogP contribution in [0.3, 0.4) is 0 Å². The Labute approximate surface area is 109 Å². The molecule has 92 valence electrons. The molecule has 1 heteroatoms. The highest BCUT2D eigenvalue weighted by molar-refractivity contribution is 5.43. The lowest BCUT2D eigenvalue weighted by atomic mass is 9.76. The standard InChI is InChI=1S/C17H19N/c1-12-6-2-4-8-15(12)17-11-14(18)10-13-7-3-5-9-16(13)17/h2-9,14,17H,10-11,18H2,1H3/t14-,17-/m1/s1. The molecule has 0 aromatic heterocycles. The van der Waals surface area contributed by atoms with Gasteiger partial charge in [-0.3, -0.25) is 0 Å². The van der Waals surface area contributed by atoms with Crippen LogP contribution in [0.25, 0.3) is 0 Å². The highest BCUT2D eigenvalue weighted by atomic mass is 14.6. The summed E-state index contributed by atoms with van der Waals surface area (Å²) in [5.41, 5.74) is 11.9. The monoisotopic (exact) mass is 237 g/mol. The van der Waals surface area contributed by atoms with Gasteiger partial charge in [0.05, 0.1) is 0 Å². The first kappa shape index (κ1) is 11.5. The molecule has 18 heavy (non-hydrogen) atoms. The Kier molecular flexibility index (Phi) is 2.92. The van der Waals surface area contributed by atoms with Gasteiger partial charge in [0.1, 0.15) is 0 Å². The third-order valence-corrected chi connectivity index (χ3v) is 4.01. The van der Waals surface area contributed by atoms with Crippen LogP contribution < -0.4 is 5.73 Å². The van der Waals surface area contributed by atoms with Crippen LogP contribution in [0.15, 0.2) is 48.5 Å². The van der Waals surface area contributed by atoms with Gasteiger partial charge in [-0.15, -0.1) is 0 Å². The molecule has 0 aliphatic heterocycles. The molecular formula is C17H19N. The molecule has 1 aliphatic carbocycles. The molecule has 2 atom stereocenters. The zero-order valence-corrected chi connectivity index (χ0v) is 10.8. The molecule has 1 nitrogen and oxygen atoms in total. The quantitative estimate of drug-likeness (QED) is 0.808. The van der Waals surface area contributed by atoms with Crippen LogP contribution >= 0.6 is 0 Å². The van der Waals surface area contributed by atoms with E-state index in [9.17, 15) is 0 Å². The van der Waals surface area contributed by atoms with Crippen molar-refractivity contribution in [2.24, 2.45) is 5.73 Å². The van der Waals surface area contributed by atoms with E-state index in [1.165, 1.54) is 22.3 Å². The predicted octanol–water partition coefficient (Wildman–Crippen LogP) is 3.40. The molecular weight excluding hydrogens is 218 g/mol. The van der Waals surface area contributed by atoms with Crippen molar-refractivity contribution in [3.05, 3.63) is 70.8 Å².